The number of amides is 1. The summed E-state index contributed by atoms with van der Waals surface area (Å²) in [5, 5.41) is 10.0. The van der Waals surface area contributed by atoms with Gasteiger partial charge in [-0.15, -0.1) is 0 Å². The van der Waals surface area contributed by atoms with Crippen LogP contribution in [0.1, 0.15) is 20.8 Å². The second-order valence-electron chi connectivity index (χ2n) is 10.7. The van der Waals surface area contributed by atoms with Crippen LogP contribution in [0.5, 0.6) is 17.4 Å². The molecule has 5 rings (SSSR count). The van der Waals surface area contributed by atoms with Crippen LogP contribution in [0, 0.1) is 5.82 Å². The zero-order valence-corrected chi connectivity index (χ0v) is 25.3. The number of H-pyrrole nitrogens is 1. The van der Waals surface area contributed by atoms with E-state index in [1.54, 1.807) is 11.0 Å². The summed E-state index contributed by atoms with van der Waals surface area (Å²) in [7, 11) is 1.53. The Kier molecular flexibility index (Phi) is 8.52. The number of hydrogen-bond acceptors (Lipinski definition) is 9. The number of nitrogens with zero attached hydrogens (tertiary/aromatic N) is 4. The molecular formula is C29H29Cl2FN6O5. The van der Waals surface area contributed by atoms with Crippen molar-refractivity contribution < 1.29 is 23.4 Å². The number of benzene rings is 2. The van der Waals surface area contributed by atoms with Gasteiger partial charge in [0.25, 0.3) is 5.56 Å². The van der Waals surface area contributed by atoms with Gasteiger partial charge >= 0.3 is 6.09 Å². The first-order valence-electron chi connectivity index (χ1n) is 13.3. The topological polar surface area (TPSA) is 122 Å². The fourth-order valence-corrected chi connectivity index (χ4v) is 5.09. The van der Waals surface area contributed by atoms with Crippen LogP contribution in [0.2, 0.25) is 10.0 Å². The second-order valence-corrected chi connectivity index (χ2v) is 11.6. The third-order valence-electron chi connectivity index (χ3n) is 6.53. The maximum absolute atomic E-state index is 13.7. The minimum atomic E-state index is -0.618. The number of methoxy groups -OCH3 is 1. The number of fused-ring (bicyclic) bond motifs is 1. The summed E-state index contributed by atoms with van der Waals surface area (Å²) in [6.07, 6.45) is 1.12. The summed E-state index contributed by atoms with van der Waals surface area (Å²) in [6, 6.07) is 9.20. The number of aromatic amines is 1. The molecule has 43 heavy (non-hydrogen) atoms. The number of anilines is 3. The Morgan fingerprint density at radius 1 is 1.07 bits per heavy atom. The van der Waals surface area contributed by atoms with Crippen LogP contribution in [0.4, 0.5) is 26.4 Å². The third-order valence-corrected chi connectivity index (χ3v) is 7.09. The zero-order valence-electron chi connectivity index (χ0n) is 23.8. The van der Waals surface area contributed by atoms with Crippen LogP contribution in [-0.4, -0.2) is 65.1 Å². The lowest BCUT2D eigenvalue weighted by atomic mass is 10.2. The smallest absolute Gasteiger partial charge is 0.410 e. The number of pyridine rings is 1. The van der Waals surface area contributed by atoms with Gasteiger partial charge in [0.1, 0.15) is 23.0 Å². The summed E-state index contributed by atoms with van der Waals surface area (Å²) in [5.41, 5.74) is 0.386. The molecule has 1 fully saturated rings. The van der Waals surface area contributed by atoms with Gasteiger partial charge in [-0.25, -0.2) is 14.3 Å². The van der Waals surface area contributed by atoms with Crippen molar-refractivity contribution in [1.29, 1.82) is 0 Å². The van der Waals surface area contributed by atoms with Gasteiger partial charge < -0.3 is 29.3 Å². The fraction of sp³-hybridized carbons (Fsp3) is 0.310. The van der Waals surface area contributed by atoms with Gasteiger partial charge in [0.2, 0.25) is 5.88 Å². The molecule has 0 aliphatic carbocycles. The van der Waals surface area contributed by atoms with Crippen molar-refractivity contribution in [1.82, 2.24) is 20.1 Å². The lowest BCUT2D eigenvalue weighted by Crippen LogP contribution is -2.50. The number of hydrogen-bond donors (Lipinski definition) is 2. The van der Waals surface area contributed by atoms with E-state index in [4.69, 9.17) is 37.4 Å². The van der Waals surface area contributed by atoms with Crippen LogP contribution >= 0.6 is 23.2 Å². The highest BCUT2D eigenvalue weighted by Gasteiger charge is 2.26. The normalized spacial score (nSPS) is 13.7. The van der Waals surface area contributed by atoms with Crippen molar-refractivity contribution in [2.45, 2.75) is 26.4 Å². The Morgan fingerprint density at radius 3 is 2.42 bits per heavy atom. The number of carbonyl (C=O) groups excluding carboxylic acids is 1. The first-order chi connectivity index (χ1) is 20.4. The van der Waals surface area contributed by atoms with E-state index in [-0.39, 0.29) is 39.0 Å². The molecule has 14 heteroatoms. The number of nitrogens with one attached hydrogen (secondary N) is 2. The number of carbonyl (C=O) groups is 1. The van der Waals surface area contributed by atoms with Gasteiger partial charge in [0, 0.05) is 49.4 Å². The summed E-state index contributed by atoms with van der Waals surface area (Å²) in [4.78, 5) is 33.5. The van der Waals surface area contributed by atoms with E-state index in [0.717, 1.165) is 17.8 Å². The van der Waals surface area contributed by atoms with Gasteiger partial charge in [-0.05, 0) is 45.0 Å². The Morgan fingerprint density at radius 2 is 1.77 bits per heavy atom. The number of halogens is 3. The van der Waals surface area contributed by atoms with Gasteiger partial charge in [-0.2, -0.15) is 10.1 Å². The van der Waals surface area contributed by atoms with E-state index >= 15 is 0 Å². The summed E-state index contributed by atoms with van der Waals surface area (Å²) in [5.74, 6) is 0.0728. The summed E-state index contributed by atoms with van der Waals surface area (Å²) >= 11 is 12.3. The van der Waals surface area contributed by atoms with E-state index in [1.807, 2.05) is 32.9 Å². The molecule has 2 aromatic heterocycles. The summed E-state index contributed by atoms with van der Waals surface area (Å²) in [6.45, 7) is 7.77. The Labute approximate surface area is 256 Å². The lowest BCUT2D eigenvalue weighted by Gasteiger charge is -2.37. The maximum Gasteiger partial charge on any atom is 0.410 e. The highest BCUT2D eigenvalue weighted by molar-refractivity contribution is 6.37. The number of piperazine rings is 1. The summed E-state index contributed by atoms with van der Waals surface area (Å²) < 4.78 is 30.7. The highest BCUT2D eigenvalue weighted by atomic mass is 35.5. The molecule has 4 aromatic rings. The second kappa shape index (κ2) is 12.1. The Hall–Kier alpha value is -4.29. The maximum atomic E-state index is 13.7. The average molecular weight is 631 g/mol. The van der Waals surface area contributed by atoms with Crippen LogP contribution in [0.25, 0.3) is 10.8 Å². The fourth-order valence-electron chi connectivity index (χ4n) is 4.55. The molecule has 2 aromatic carbocycles. The van der Waals surface area contributed by atoms with Gasteiger partial charge in [0.05, 0.1) is 34.4 Å². The van der Waals surface area contributed by atoms with Gasteiger partial charge in [0.15, 0.2) is 5.75 Å². The molecule has 0 spiro atoms. The molecular weight excluding hydrogens is 602 g/mol. The minimum absolute atomic E-state index is 0.00836. The largest absolute Gasteiger partial charge is 0.494 e. The van der Waals surface area contributed by atoms with E-state index in [0.29, 0.717) is 43.0 Å². The molecule has 11 nitrogen and oxygen atoms in total. The molecule has 3 heterocycles. The van der Waals surface area contributed by atoms with Gasteiger partial charge in [-0.1, -0.05) is 23.2 Å². The Balaban J connectivity index is 1.41. The van der Waals surface area contributed by atoms with Crippen LogP contribution in [0.3, 0.4) is 0 Å². The molecule has 0 bridgehead atoms. The van der Waals surface area contributed by atoms with E-state index in [1.165, 1.54) is 19.4 Å². The average Bonchev–Trinajstić information content (AvgIpc) is 2.94. The first-order valence-corrected chi connectivity index (χ1v) is 14.1. The van der Waals surface area contributed by atoms with E-state index in [9.17, 15) is 14.0 Å². The molecule has 1 saturated heterocycles. The molecule has 0 unspecified atom stereocenters. The first kappa shape index (κ1) is 30.2. The molecule has 226 valence electrons. The monoisotopic (exact) mass is 630 g/mol. The van der Waals surface area contributed by atoms with Crippen LogP contribution in [0.15, 0.2) is 47.4 Å². The SMILES string of the molecule is COc1cc(N2CCN(C(=O)OC(C)(C)C)CC2)ccc1Nc1nc(Oc2c(Cl)cc(F)cc2Cl)cc2cn[nH]c(=O)c12. The minimum Gasteiger partial charge on any atom is -0.494 e. The van der Waals surface area contributed by atoms with Crippen molar-refractivity contribution in [3.8, 4) is 17.4 Å². The molecule has 0 atom stereocenters. The standard InChI is InChI=1S/C29H29Cl2FN6O5/c1-29(2,3)43-28(40)38-9-7-37(8-10-38)18-5-6-21(22(14-18)41-4)34-26-24-16(15-33-36-27(24)39)11-23(35-26)42-25-19(30)12-17(32)13-20(25)31/h5-6,11-15H,7-10H2,1-4H3,(H,34,35)(H,36,39). The van der Waals surface area contributed by atoms with E-state index in [2.05, 4.69) is 25.4 Å². The van der Waals surface area contributed by atoms with Crippen LogP contribution < -0.4 is 25.2 Å². The number of aromatic nitrogens is 3. The molecule has 0 saturated carbocycles. The molecule has 1 aliphatic heterocycles. The predicted octanol–water partition coefficient (Wildman–Crippen LogP) is 6.37. The molecule has 1 amide bonds. The highest BCUT2D eigenvalue weighted by Crippen LogP contribution is 2.39. The number of rotatable bonds is 6. The van der Waals surface area contributed by atoms with Crippen LogP contribution in [-0.2, 0) is 4.74 Å². The number of ether oxygens (including phenoxy) is 3. The third kappa shape index (κ3) is 6.86. The van der Waals surface area contributed by atoms with Crippen molar-refractivity contribution in [2.75, 3.05) is 43.5 Å². The van der Waals surface area contributed by atoms with Crippen molar-refractivity contribution >= 4 is 57.3 Å². The van der Waals surface area contributed by atoms with Crippen molar-refractivity contribution in [3.05, 3.63) is 68.8 Å². The molecule has 0 radical (unpaired) electrons. The van der Waals surface area contributed by atoms with Crippen molar-refractivity contribution in [3.63, 3.8) is 0 Å². The quantitative estimate of drug-likeness (QED) is 0.250. The molecule has 2 N–H and O–H groups in total. The Bertz CT molecular complexity index is 1710. The van der Waals surface area contributed by atoms with E-state index < -0.39 is 17.0 Å². The lowest BCUT2D eigenvalue weighted by molar-refractivity contribution is 0.0240. The van der Waals surface area contributed by atoms with Gasteiger partial charge in [-0.3, -0.25) is 4.79 Å². The predicted molar refractivity (Wildman–Crippen MR) is 163 cm³/mol. The molecule has 1 aliphatic rings. The zero-order chi connectivity index (χ0) is 30.9. The van der Waals surface area contributed by atoms with Crippen molar-refractivity contribution in [2.24, 2.45) is 0 Å².